The predicted molar refractivity (Wildman–Crippen MR) is 125 cm³/mol. The molecule has 0 aromatic heterocycles. The van der Waals surface area contributed by atoms with Crippen molar-refractivity contribution in [2.24, 2.45) is 10.8 Å². The SMILES string of the molecule is CC1(C)C[Si](c2ccccc2)(c2ccccc2)OC(C)(c2ccccc2)C1(C)C. The lowest BCUT2D eigenvalue weighted by Crippen LogP contribution is -2.73. The largest absolute Gasteiger partial charge is 0.398 e. The van der Waals surface area contributed by atoms with Gasteiger partial charge in [-0.2, -0.15) is 0 Å². The molecule has 1 unspecified atom stereocenters. The zero-order valence-corrected chi connectivity index (χ0v) is 19.3. The highest BCUT2D eigenvalue weighted by molar-refractivity contribution is 6.97. The van der Waals surface area contributed by atoms with E-state index in [-0.39, 0.29) is 10.8 Å². The summed E-state index contributed by atoms with van der Waals surface area (Å²) in [5, 5.41) is 2.72. The lowest BCUT2D eigenvalue weighted by Gasteiger charge is -2.63. The number of benzene rings is 3. The average Bonchev–Trinajstić information content (AvgIpc) is 2.74. The van der Waals surface area contributed by atoms with Gasteiger partial charge in [0.1, 0.15) is 0 Å². The van der Waals surface area contributed by atoms with E-state index in [1.807, 2.05) is 0 Å². The van der Waals surface area contributed by atoms with Crippen molar-refractivity contribution < 1.29 is 4.43 Å². The molecule has 1 saturated heterocycles. The molecule has 4 rings (SSSR count). The van der Waals surface area contributed by atoms with E-state index in [1.54, 1.807) is 0 Å². The molecule has 1 fully saturated rings. The Hall–Kier alpha value is -2.16. The van der Waals surface area contributed by atoms with Gasteiger partial charge in [0.2, 0.25) is 0 Å². The Labute approximate surface area is 176 Å². The summed E-state index contributed by atoms with van der Waals surface area (Å²) in [6.07, 6.45) is 0. The van der Waals surface area contributed by atoms with Gasteiger partial charge in [-0.15, -0.1) is 0 Å². The molecule has 0 bridgehead atoms. The van der Waals surface area contributed by atoms with Crippen molar-refractivity contribution in [3.05, 3.63) is 96.6 Å². The topological polar surface area (TPSA) is 9.23 Å². The molecule has 0 amide bonds. The van der Waals surface area contributed by atoms with Crippen molar-refractivity contribution in [3.63, 3.8) is 0 Å². The van der Waals surface area contributed by atoms with Gasteiger partial charge in [-0.05, 0) is 34.3 Å². The molecule has 150 valence electrons. The smallest absolute Gasteiger partial charge is 0.257 e. The molecule has 1 aliphatic rings. The zero-order valence-electron chi connectivity index (χ0n) is 18.3. The fraction of sp³-hybridized carbons (Fsp3) is 0.333. The fourth-order valence-corrected chi connectivity index (χ4v) is 10.3. The molecule has 0 radical (unpaired) electrons. The van der Waals surface area contributed by atoms with Crippen molar-refractivity contribution in [3.8, 4) is 0 Å². The van der Waals surface area contributed by atoms with E-state index in [1.165, 1.54) is 15.9 Å². The molecule has 0 spiro atoms. The van der Waals surface area contributed by atoms with Crippen LogP contribution in [0.3, 0.4) is 0 Å². The highest BCUT2D eigenvalue weighted by Crippen LogP contribution is 2.60. The Kier molecular flexibility index (Phi) is 4.83. The van der Waals surface area contributed by atoms with Gasteiger partial charge in [-0.1, -0.05) is 119 Å². The number of hydrogen-bond donors (Lipinski definition) is 0. The lowest BCUT2D eigenvalue weighted by atomic mass is 9.58. The minimum absolute atomic E-state index is 0.0403. The minimum atomic E-state index is -2.48. The van der Waals surface area contributed by atoms with Crippen LogP contribution in [0.5, 0.6) is 0 Å². The monoisotopic (exact) mass is 400 g/mol. The van der Waals surface area contributed by atoms with Gasteiger partial charge in [0.05, 0.1) is 5.60 Å². The quantitative estimate of drug-likeness (QED) is 0.509. The molecular formula is C27H32OSi. The van der Waals surface area contributed by atoms with Crippen LogP contribution in [0.4, 0.5) is 0 Å². The molecule has 0 N–H and O–H groups in total. The van der Waals surface area contributed by atoms with Crippen LogP contribution < -0.4 is 10.4 Å². The number of hydrogen-bond acceptors (Lipinski definition) is 1. The van der Waals surface area contributed by atoms with E-state index in [4.69, 9.17) is 4.43 Å². The van der Waals surface area contributed by atoms with Gasteiger partial charge in [0, 0.05) is 5.41 Å². The van der Waals surface area contributed by atoms with Gasteiger partial charge < -0.3 is 4.43 Å². The van der Waals surface area contributed by atoms with Crippen molar-refractivity contribution in [2.45, 2.75) is 46.3 Å². The van der Waals surface area contributed by atoms with Crippen LogP contribution in [0.25, 0.3) is 0 Å². The second kappa shape index (κ2) is 6.96. The van der Waals surface area contributed by atoms with Crippen molar-refractivity contribution >= 4 is 18.7 Å². The summed E-state index contributed by atoms with van der Waals surface area (Å²) >= 11 is 0. The predicted octanol–water partition coefficient (Wildman–Crippen LogP) is 5.74. The molecule has 3 aromatic carbocycles. The van der Waals surface area contributed by atoms with Crippen molar-refractivity contribution in [2.75, 3.05) is 0 Å². The molecular weight excluding hydrogens is 368 g/mol. The molecule has 0 saturated carbocycles. The lowest BCUT2D eigenvalue weighted by molar-refractivity contribution is -0.123. The van der Waals surface area contributed by atoms with Crippen LogP contribution >= 0.6 is 0 Å². The van der Waals surface area contributed by atoms with E-state index in [0.29, 0.717) is 0 Å². The van der Waals surface area contributed by atoms with E-state index in [2.05, 4.69) is 126 Å². The summed E-state index contributed by atoms with van der Waals surface area (Å²) in [6.45, 7) is 12.0. The first-order chi connectivity index (χ1) is 13.7. The Balaban J connectivity index is 2.01. The van der Waals surface area contributed by atoms with E-state index in [9.17, 15) is 0 Å². The summed E-state index contributed by atoms with van der Waals surface area (Å²) in [6, 6.07) is 33.8. The highest BCUT2D eigenvalue weighted by Gasteiger charge is 2.63. The molecule has 1 atom stereocenters. The standard InChI is InChI=1S/C27H32OSi/c1-25(2)21-29(23-17-11-7-12-18-23,24-19-13-8-14-20-24)28-27(5,26(25,3)4)22-15-9-6-10-16-22/h6-20H,21H2,1-5H3. The average molecular weight is 401 g/mol. The first-order valence-corrected chi connectivity index (χ1v) is 12.7. The van der Waals surface area contributed by atoms with Crippen LogP contribution in [-0.4, -0.2) is 8.32 Å². The van der Waals surface area contributed by atoms with Crippen LogP contribution in [0.15, 0.2) is 91.0 Å². The Morgan fingerprint density at radius 3 is 1.48 bits per heavy atom. The van der Waals surface area contributed by atoms with Gasteiger partial charge in [-0.3, -0.25) is 0 Å². The van der Waals surface area contributed by atoms with E-state index >= 15 is 0 Å². The van der Waals surface area contributed by atoms with Gasteiger partial charge in [0.25, 0.3) is 8.32 Å². The summed E-state index contributed by atoms with van der Waals surface area (Å²) < 4.78 is 7.51. The first-order valence-electron chi connectivity index (χ1n) is 10.6. The third kappa shape index (κ3) is 3.01. The summed E-state index contributed by atoms with van der Waals surface area (Å²) in [5.74, 6) is 0. The maximum Gasteiger partial charge on any atom is 0.257 e. The Morgan fingerprint density at radius 2 is 1.03 bits per heavy atom. The van der Waals surface area contributed by atoms with Gasteiger partial charge in [0.15, 0.2) is 0 Å². The maximum absolute atomic E-state index is 7.51. The Morgan fingerprint density at radius 1 is 0.621 bits per heavy atom. The van der Waals surface area contributed by atoms with Crippen LogP contribution in [0, 0.1) is 10.8 Å². The van der Waals surface area contributed by atoms with Crippen LogP contribution in [0.2, 0.25) is 6.04 Å². The number of rotatable bonds is 3. The highest BCUT2D eigenvalue weighted by atomic mass is 28.4. The first kappa shape index (κ1) is 20.1. The van der Waals surface area contributed by atoms with Crippen LogP contribution in [-0.2, 0) is 10.0 Å². The van der Waals surface area contributed by atoms with Crippen molar-refractivity contribution in [1.82, 2.24) is 0 Å². The summed E-state index contributed by atoms with van der Waals surface area (Å²) in [5.41, 5.74) is 0.921. The molecule has 1 aliphatic heterocycles. The molecule has 1 nitrogen and oxygen atoms in total. The Bertz CT molecular complexity index is 924. The van der Waals surface area contributed by atoms with Crippen molar-refractivity contribution in [1.29, 1.82) is 0 Å². The zero-order chi connectivity index (χ0) is 20.8. The molecule has 2 heteroatoms. The summed E-state index contributed by atoms with van der Waals surface area (Å²) in [7, 11) is -2.48. The second-order valence-corrected chi connectivity index (χ2v) is 13.1. The van der Waals surface area contributed by atoms with E-state index in [0.717, 1.165) is 6.04 Å². The maximum atomic E-state index is 7.51. The third-order valence-corrected chi connectivity index (χ3v) is 12.4. The molecule has 3 aromatic rings. The van der Waals surface area contributed by atoms with E-state index < -0.39 is 13.9 Å². The summed E-state index contributed by atoms with van der Waals surface area (Å²) in [4.78, 5) is 0. The van der Waals surface area contributed by atoms with Crippen LogP contribution in [0.1, 0.15) is 40.2 Å². The minimum Gasteiger partial charge on any atom is -0.398 e. The van der Waals surface area contributed by atoms with Gasteiger partial charge >= 0.3 is 0 Å². The second-order valence-electron chi connectivity index (χ2n) is 9.75. The molecule has 0 aliphatic carbocycles. The third-order valence-electron chi connectivity index (χ3n) is 7.76. The van der Waals surface area contributed by atoms with Gasteiger partial charge in [-0.25, -0.2) is 0 Å². The fourth-order valence-electron chi connectivity index (χ4n) is 5.08. The molecule has 29 heavy (non-hydrogen) atoms. The normalized spacial score (nSPS) is 24.7. The molecule has 1 heterocycles.